The van der Waals surface area contributed by atoms with Crippen LogP contribution in [-0.2, 0) is 17.5 Å². The van der Waals surface area contributed by atoms with Crippen molar-refractivity contribution in [3.8, 4) is 11.5 Å². The summed E-state index contributed by atoms with van der Waals surface area (Å²) in [5.74, 6) is -0.344. The molecular weight excluding hydrogens is 544 g/mol. The molecule has 4 rings (SSSR count). The third-order valence-corrected chi connectivity index (χ3v) is 11.4. The van der Waals surface area contributed by atoms with Crippen LogP contribution in [0.2, 0.25) is 18.1 Å². The quantitative estimate of drug-likeness (QED) is 0.128. The molecule has 4 aromatic rings. The number of rotatable bonds is 7. The molecule has 4 aromatic carbocycles. The van der Waals surface area contributed by atoms with E-state index in [1.807, 2.05) is 54.6 Å². The lowest BCUT2D eigenvalue weighted by Crippen LogP contribution is -2.40. The first-order chi connectivity index (χ1) is 19.8. The minimum absolute atomic E-state index is 0.193. The largest absolute Gasteiger partial charge is 0.508 e. The van der Waals surface area contributed by atoms with Crippen LogP contribution in [0.3, 0.4) is 0 Å². The summed E-state index contributed by atoms with van der Waals surface area (Å²) in [4.78, 5) is 22.2. The highest BCUT2D eigenvalue weighted by atomic mass is 28.4. The topological polar surface area (TPSA) is 93.1 Å². The Morgan fingerprint density at radius 2 is 1.19 bits per heavy atom. The summed E-state index contributed by atoms with van der Waals surface area (Å²) in [7, 11) is -1.76. The number of aromatic carboxylic acids is 1. The van der Waals surface area contributed by atoms with Crippen LogP contribution in [0, 0.1) is 0 Å². The SMILES string of the molecule is CC(C)(C)[Si](C)(C)OCc1ccc(OC(=O)c2ccccc2)cc1.CCc1ccc(O)cc1.O=C(O)c1ccccc1. The van der Waals surface area contributed by atoms with Crippen LogP contribution >= 0.6 is 0 Å². The van der Waals surface area contributed by atoms with Crippen LogP contribution in [0.15, 0.2) is 109 Å². The van der Waals surface area contributed by atoms with E-state index in [2.05, 4.69) is 40.8 Å². The van der Waals surface area contributed by atoms with E-state index >= 15 is 0 Å². The van der Waals surface area contributed by atoms with Gasteiger partial charge in [0.1, 0.15) is 11.5 Å². The van der Waals surface area contributed by atoms with Gasteiger partial charge in [-0.3, -0.25) is 0 Å². The van der Waals surface area contributed by atoms with Crippen LogP contribution in [0.1, 0.15) is 59.5 Å². The molecule has 0 atom stereocenters. The molecular formula is C35H42O6Si. The Balaban J connectivity index is 0.000000277. The molecule has 0 saturated heterocycles. The summed E-state index contributed by atoms with van der Waals surface area (Å²) in [6.45, 7) is 13.8. The molecule has 6 nitrogen and oxygen atoms in total. The summed E-state index contributed by atoms with van der Waals surface area (Å²) in [5, 5.41) is 17.4. The van der Waals surface area contributed by atoms with E-state index in [1.165, 1.54) is 5.56 Å². The van der Waals surface area contributed by atoms with Crippen LogP contribution in [0.25, 0.3) is 0 Å². The van der Waals surface area contributed by atoms with E-state index in [4.69, 9.17) is 19.4 Å². The summed E-state index contributed by atoms with van der Waals surface area (Å²) in [5.41, 5.74) is 3.22. The number of aryl methyl sites for hydroxylation is 1. The van der Waals surface area contributed by atoms with Gasteiger partial charge in [-0.25, -0.2) is 9.59 Å². The Kier molecular flexibility index (Phi) is 13.2. The Morgan fingerprint density at radius 1 is 0.714 bits per heavy atom. The molecule has 0 aliphatic heterocycles. The fraction of sp³-hybridized carbons (Fsp3) is 0.257. The predicted molar refractivity (Wildman–Crippen MR) is 171 cm³/mol. The average molecular weight is 587 g/mol. The predicted octanol–water partition coefficient (Wildman–Crippen LogP) is 8.77. The van der Waals surface area contributed by atoms with Gasteiger partial charge < -0.3 is 19.4 Å². The first kappa shape index (κ1) is 34.0. The van der Waals surface area contributed by atoms with E-state index in [0.29, 0.717) is 29.2 Å². The van der Waals surface area contributed by atoms with Crippen molar-refractivity contribution >= 4 is 20.3 Å². The minimum Gasteiger partial charge on any atom is -0.508 e. The summed E-state index contributed by atoms with van der Waals surface area (Å²) >= 11 is 0. The van der Waals surface area contributed by atoms with Crippen LogP contribution in [0.5, 0.6) is 11.5 Å². The maximum Gasteiger partial charge on any atom is 0.343 e. The summed E-state index contributed by atoms with van der Waals surface area (Å²) in [6, 6.07) is 32.1. The van der Waals surface area contributed by atoms with Crippen molar-refractivity contribution in [2.45, 2.75) is 58.9 Å². The fourth-order valence-electron chi connectivity index (χ4n) is 3.19. The number of carbonyl (C=O) groups excluding carboxylic acids is 1. The van der Waals surface area contributed by atoms with Gasteiger partial charge >= 0.3 is 11.9 Å². The van der Waals surface area contributed by atoms with E-state index in [9.17, 15) is 9.59 Å². The van der Waals surface area contributed by atoms with Crippen molar-refractivity contribution in [2.24, 2.45) is 0 Å². The number of phenolic OH excluding ortho intramolecular Hbond substituents is 1. The van der Waals surface area contributed by atoms with Crippen molar-refractivity contribution in [1.29, 1.82) is 0 Å². The number of benzene rings is 4. The third-order valence-electron chi connectivity index (χ3n) is 6.91. The van der Waals surface area contributed by atoms with E-state index in [1.54, 1.807) is 54.6 Å². The van der Waals surface area contributed by atoms with E-state index in [0.717, 1.165) is 12.0 Å². The summed E-state index contributed by atoms with van der Waals surface area (Å²) in [6.07, 6.45) is 1.03. The molecule has 222 valence electrons. The maximum atomic E-state index is 12.0. The lowest BCUT2D eigenvalue weighted by molar-refractivity contribution is 0.0694. The molecule has 0 aromatic heterocycles. The van der Waals surface area contributed by atoms with Crippen molar-refractivity contribution in [3.63, 3.8) is 0 Å². The highest BCUT2D eigenvalue weighted by Crippen LogP contribution is 2.37. The van der Waals surface area contributed by atoms with Crippen molar-refractivity contribution in [3.05, 3.63) is 131 Å². The molecule has 42 heavy (non-hydrogen) atoms. The van der Waals surface area contributed by atoms with Gasteiger partial charge in [0.25, 0.3) is 0 Å². The number of hydrogen-bond acceptors (Lipinski definition) is 5. The normalized spacial score (nSPS) is 10.8. The van der Waals surface area contributed by atoms with Gasteiger partial charge in [-0.15, -0.1) is 0 Å². The number of carboxylic acids is 1. The first-order valence-electron chi connectivity index (χ1n) is 13.9. The molecule has 0 aliphatic carbocycles. The van der Waals surface area contributed by atoms with Crippen molar-refractivity contribution < 1.29 is 29.0 Å². The zero-order valence-corrected chi connectivity index (χ0v) is 26.3. The molecule has 0 spiro atoms. The van der Waals surface area contributed by atoms with Gasteiger partial charge in [0.2, 0.25) is 0 Å². The molecule has 0 radical (unpaired) electrons. The maximum absolute atomic E-state index is 12.0. The van der Waals surface area contributed by atoms with Gasteiger partial charge in [-0.2, -0.15) is 0 Å². The van der Waals surface area contributed by atoms with Gasteiger partial charge in [0.15, 0.2) is 8.32 Å². The zero-order chi connectivity index (χ0) is 31.2. The van der Waals surface area contributed by atoms with Gasteiger partial charge in [-0.1, -0.05) is 88.4 Å². The Bertz CT molecular complexity index is 1360. The number of carboxylic acid groups (broad SMARTS) is 1. The smallest absolute Gasteiger partial charge is 0.343 e. The molecule has 0 fully saturated rings. The number of esters is 1. The minimum atomic E-state index is -1.76. The second-order valence-electron chi connectivity index (χ2n) is 11.1. The standard InChI is InChI=1S/C20H26O3Si.C8H10O.C7H6O2/c1-20(2,3)24(4,5)22-15-16-11-13-18(14-12-16)23-19(21)17-9-7-6-8-10-17;1-2-7-3-5-8(9)6-4-7;8-7(9)6-4-2-1-3-5-6/h6-14H,15H2,1-5H3;3-6,9H,2H2,1H3;1-5H,(H,8,9). The molecule has 0 amide bonds. The lowest BCUT2D eigenvalue weighted by atomic mass is 10.2. The van der Waals surface area contributed by atoms with Crippen molar-refractivity contribution in [1.82, 2.24) is 0 Å². The molecule has 0 heterocycles. The van der Waals surface area contributed by atoms with Gasteiger partial charge in [-0.05, 0) is 84.2 Å². The van der Waals surface area contributed by atoms with Crippen LogP contribution in [-0.4, -0.2) is 30.5 Å². The number of phenols is 1. The van der Waals surface area contributed by atoms with E-state index < -0.39 is 14.3 Å². The molecule has 0 saturated carbocycles. The molecule has 0 aliphatic rings. The van der Waals surface area contributed by atoms with E-state index in [-0.39, 0.29) is 11.0 Å². The lowest BCUT2D eigenvalue weighted by Gasteiger charge is -2.36. The third kappa shape index (κ3) is 11.7. The number of carbonyl (C=O) groups is 2. The van der Waals surface area contributed by atoms with Gasteiger partial charge in [0.05, 0.1) is 17.7 Å². The summed E-state index contributed by atoms with van der Waals surface area (Å²) < 4.78 is 11.6. The molecule has 7 heteroatoms. The first-order valence-corrected chi connectivity index (χ1v) is 16.8. The molecule has 0 unspecified atom stereocenters. The average Bonchev–Trinajstić information content (AvgIpc) is 2.98. The fourth-order valence-corrected chi connectivity index (χ4v) is 4.15. The van der Waals surface area contributed by atoms with Crippen LogP contribution < -0.4 is 4.74 Å². The van der Waals surface area contributed by atoms with Gasteiger partial charge in [0, 0.05) is 0 Å². The zero-order valence-electron chi connectivity index (χ0n) is 25.3. The number of ether oxygens (including phenoxy) is 1. The Morgan fingerprint density at radius 3 is 1.62 bits per heavy atom. The van der Waals surface area contributed by atoms with Crippen LogP contribution in [0.4, 0.5) is 0 Å². The number of aromatic hydroxyl groups is 1. The second kappa shape index (κ2) is 16.3. The van der Waals surface area contributed by atoms with Crippen molar-refractivity contribution in [2.75, 3.05) is 0 Å². The highest BCUT2D eigenvalue weighted by Gasteiger charge is 2.37. The monoisotopic (exact) mass is 586 g/mol. The Labute approximate surface area is 250 Å². The highest BCUT2D eigenvalue weighted by molar-refractivity contribution is 6.74. The Hall–Kier alpha value is -4.20. The molecule has 2 N–H and O–H groups in total. The second-order valence-corrected chi connectivity index (χ2v) is 15.9. The number of hydrogen-bond donors (Lipinski definition) is 2. The molecule has 0 bridgehead atoms.